The maximum atomic E-state index is 4.40. The fraction of sp³-hybridized carbons (Fsp3) is 0.727. The zero-order chi connectivity index (χ0) is 10.5. The Hall–Kier alpha value is -0.0600. The molecule has 84 valence electrons. The summed E-state index contributed by atoms with van der Waals surface area (Å²) in [5, 5.41) is 4.75. The number of thiazole rings is 1. The molecule has 2 heterocycles. The molecule has 0 bridgehead atoms. The van der Waals surface area contributed by atoms with E-state index in [1.165, 1.54) is 27.8 Å². The molecule has 1 N–H and O–H groups in total. The Morgan fingerprint density at radius 3 is 3.20 bits per heavy atom. The second kappa shape index (κ2) is 5.87. The third kappa shape index (κ3) is 3.47. The lowest BCUT2D eigenvalue weighted by Crippen LogP contribution is -2.22. The van der Waals surface area contributed by atoms with E-state index in [1.807, 2.05) is 17.5 Å². The van der Waals surface area contributed by atoms with Crippen LogP contribution in [0.5, 0.6) is 0 Å². The highest BCUT2D eigenvalue weighted by atomic mass is 32.2. The van der Waals surface area contributed by atoms with E-state index in [4.69, 9.17) is 0 Å². The number of nitrogens with zero attached hydrogens (tertiary/aromatic N) is 1. The van der Waals surface area contributed by atoms with E-state index in [0.717, 1.165) is 25.4 Å². The number of nitrogens with one attached hydrogen (secondary N) is 1. The average Bonchev–Trinajstić information content (AvgIpc) is 2.88. The van der Waals surface area contributed by atoms with Gasteiger partial charge in [0.15, 0.2) is 0 Å². The summed E-state index contributed by atoms with van der Waals surface area (Å²) in [6.07, 6.45) is 4.50. The SMILES string of the molecule is CCc1cnc(CNCC2CCSC2)s1. The summed E-state index contributed by atoms with van der Waals surface area (Å²) in [7, 11) is 0. The van der Waals surface area contributed by atoms with Crippen LogP contribution in [-0.2, 0) is 13.0 Å². The Bertz CT molecular complexity index is 293. The number of rotatable bonds is 5. The predicted octanol–water partition coefficient (Wildman–Crippen LogP) is 2.55. The van der Waals surface area contributed by atoms with Gasteiger partial charge in [-0.1, -0.05) is 6.92 Å². The lowest BCUT2D eigenvalue weighted by molar-refractivity contribution is 0.523. The molecule has 1 aliphatic rings. The van der Waals surface area contributed by atoms with Gasteiger partial charge in [0, 0.05) is 17.6 Å². The molecule has 1 atom stereocenters. The molecule has 1 fully saturated rings. The lowest BCUT2D eigenvalue weighted by atomic mass is 10.1. The van der Waals surface area contributed by atoms with Crippen molar-refractivity contribution in [2.24, 2.45) is 5.92 Å². The van der Waals surface area contributed by atoms with Gasteiger partial charge in [-0.2, -0.15) is 11.8 Å². The largest absolute Gasteiger partial charge is 0.310 e. The first kappa shape index (κ1) is 11.4. The monoisotopic (exact) mass is 242 g/mol. The quantitative estimate of drug-likeness (QED) is 0.859. The number of hydrogen-bond donors (Lipinski definition) is 1. The van der Waals surface area contributed by atoms with Crippen molar-refractivity contribution < 1.29 is 0 Å². The summed E-state index contributed by atoms with van der Waals surface area (Å²) < 4.78 is 0. The van der Waals surface area contributed by atoms with Crippen LogP contribution in [-0.4, -0.2) is 23.0 Å². The predicted molar refractivity (Wildman–Crippen MR) is 68.6 cm³/mol. The van der Waals surface area contributed by atoms with E-state index >= 15 is 0 Å². The molecule has 1 aromatic rings. The minimum atomic E-state index is 0.889. The standard InChI is InChI=1S/C11H18N2S2/c1-2-10-6-13-11(15-10)7-12-5-9-3-4-14-8-9/h6,9,12H,2-5,7-8H2,1H3. The minimum absolute atomic E-state index is 0.889. The molecule has 0 spiro atoms. The van der Waals surface area contributed by atoms with Gasteiger partial charge in [-0.25, -0.2) is 4.98 Å². The second-order valence-electron chi connectivity index (χ2n) is 3.93. The Morgan fingerprint density at radius 2 is 2.53 bits per heavy atom. The molecular weight excluding hydrogens is 224 g/mol. The molecule has 0 aromatic carbocycles. The molecule has 4 heteroatoms. The molecule has 0 aliphatic carbocycles. The number of hydrogen-bond acceptors (Lipinski definition) is 4. The van der Waals surface area contributed by atoms with Crippen molar-refractivity contribution in [2.75, 3.05) is 18.1 Å². The van der Waals surface area contributed by atoms with Crippen molar-refractivity contribution >= 4 is 23.1 Å². The first-order valence-electron chi connectivity index (χ1n) is 5.60. The molecule has 15 heavy (non-hydrogen) atoms. The first-order valence-corrected chi connectivity index (χ1v) is 7.57. The van der Waals surface area contributed by atoms with Crippen LogP contribution < -0.4 is 5.32 Å². The smallest absolute Gasteiger partial charge is 0.107 e. The maximum Gasteiger partial charge on any atom is 0.107 e. The lowest BCUT2D eigenvalue weighted by Gasteiger charge is -2.07. The Morgan fingerprint density at radius 1 is 1.60 bits per heavy atom. The Labute approximate surface area is 99.9 Å². The van der Waals surface area contributed by atoms with Crippen molar-refractivity contribution in [3.63, 3.8) is 0 Å². The van der Waals surface area contributed by atoms with E-state index in [1.54, 1.807) is 0 Å². The van der Waals surface area contributed by atoms with E-state index in [9.17, 15) is 0 Å². The summed E-state index contributed by atoms with van der Waals surface area (Å²) in [5.41, 5.74) is 0. The highest BCUT2D eigenvalue weighted by Gasteiger charge is 2.14. The number of aromatic nitrogens is 1. The molecule has 1 unspecified atom stereocenters. The topological polar surface area (TPSA) is 24.9 Å². The van der Waals surface area contributed by atoms with Gasteiger partial charge in [-0.3, -0.25) is 0 Å². The minimum Gasteiger partial charge on any atom is -0.310 e. The van der Waals surface area contributed by atoms with Crippen LogP contribution in [0.1, 0.15) is 23.2 Å². The van der Waals surface area contributed by atoms with Crippen LogP contribution >= 0.6 is 23.1 Å². The van der Waals surface area contributed by atoms with Gasteiger partial charge in [0.2, 0.25) is 0 Å². The number of aryl methyl sites for hydroxylation is 1. The van der Waals surface area contributed by atoms with E-state index in [-0.39, 0.29) is 0 Å². The van der Waals surface area contributed by atoms with Gasteiger partial charge < -0.3 is 5.32 Å². The van der Waals surface area contributed by atoms with Crippen LogP contribution in [0, 0.1) is 5.92 Å². The molecule has 2 nitrogen and oxygen atoms in total. The highest BCUT2D eigenvalue weighted by Crippen LogP contribution is 2.22. The Kier molecular flexibility index (Phi) is 4.47. The Balaban J connectivity index is 1.68. The molecule has 2 rings (SSSR count). The van der Waals surface area contributed by atoms with Crippen LogP contribution in [0.2, 0.25) is 0 Å². The fourth-order valence-electron chi connectivity index (χ4n) is 1.72. The van der Waals surface area contributed by atoms with Gasteiger partial charge in [0.05, 0.1) is 0 Å². The molecule has 1 saturated heterocycles. The van der Waals surface area contributed by atoms with Crippen molar-refractivity contribution in [3.8, 4) is 0 Å². The summed E-state index contributed by atoms with van der Waals surface area (Å²) in [6, 6.07) is 0. The highest BCUT2D eigenvalue weighted by molar-refractivity contribution is 7.99. The summed E-state index contributed by atoms with van der Waals surface area (Å²) in [5.74, 6) is 3.58. The third-order valence-electron chi connectivity index (χ3n) is 2.68. The maximum absolute atomic E-state index is 4.40. The molecule has 0 radical (unpaired) electrons. The normalized spacial score (nSPS) is 21.0. The summed E-state index contributed by atoms with van der Waals surface area (Å²) in [6.45, 7) is 4.29. The van der Waals surface area contributed by atoms with Crippen LogP contribution in [0.15, 0.2) is 6.20 Å². The molecule has 1 aromatic heterocycles. The van der Waals surface area contributed by atoms with E-state index in [2.05, 4.69) is 29.0 Å². The third-order valence-corrected chi connectivity index (χ3v) is 5.06. The van der Waals surface area contributed by atoms with Crippen molar-refractivity contribution in [3.05, 3.63) is 16.1 Å². The van der Waals surface area contributed by atoms with Gasteiger partial charge in [-0.05, 0) is 36.8 Å². The second-order valence-corrected chi connectivity index (χ2v) is 6.28. The van der Waals surface area contributed by atoms with Gasteiger partial charge in [0.25, 0.3) is 0 Å². The first-order chi connectivity index (χ1) is 7.38. The molecular formula is C11H18N2S2. The molecule has 0 saturated carbocycles. The van der Waals surface area contributed by atoms with Crippen LogP contribution in [0.4, 0.5) is 0 Å². The van der Waals surface area contributed by atoms with Gasteiger partial charge >= 0.3 is 0 Å². The van der Waals surface area contributed by atoms with Crippen molar-refractivity contribution in [1.29, 1.82) is 0 Å². The van der Waals surface area contributed by atoms with Gasteiger partial charge in [-0.15, -0.1) is 11.3 Å². The van der Waals surface area contributed by atoms with Crippen molar-refractivity contribution in [1.82, 2.24) is 10.3 Å². The molecule has 1 aliphatic heterocycles. The molecule has 0 amide bonds. The van der Waals surface area contributed by atoms with Gasteiger partial charge in [0.1, 0.15) is 5.01 Å². The zero-order valence-electron chi connectivity index (χ0n) is 9.16. The average molecular weight is 242 g/mol. The summed E-state index contributed by atoms with van der Waals surface area (Å²) in [4.78, 5) is 5.79. The van der Waals surface area contributed by atoms with Crippen LogP contribution in [0.25, 0.3) is 0 Å². The van der Waals surface area contributed by atoms with Crippen molar-refractivity contribution in [2.45, 2.75) is 26.3 Å². The number of thioether (sulfide) groups is 1. The fourth-order valence-corrected chi connectivity index (χ4v) is 3.84. The zero-order valence-corrected chi connectivity index (χ0v) is 10.8. The van der Waals surface area contributed by atoms with E-state index in [0.29, 0.717) is 0 Å². The van der Waals surface area contributed by atoms with Crippen LogP contribution in [0.3, 0.4) is 0 Å². The summed E-state index contributed by atoms with van der Waals surface area (Å²) >= 11 is 3.92. The van der Waals surface area contributed by atoms with E-state index < -0.39 is 0 Å².